The van der Waals surface area contributed by atoms with Crippen molar-refractivity contribution in [2.24, 2.45) is 0 Å². The second-order valence-electron chi connectivity index (χ2n) is 6.74. The van der Waals surface area contributed by atoms with Gasteiger partial charge in [-0.1, -0.05) is 30.3 Å². The molecule has 1 aliphatic heterocycles. The quantitative estimate of drug-likeness (QED) is 0.671. The van der Waals surface area contributed by atoms with Gasteiger partial charge in [-0.25, -0.2) is 4.98 Å². The van der Waals surface area contributed by atoms with Gasteiger partial charge < -0.3 is 25.0 Å². The molecule has 0 unspecified atom stereocenters. The standard InChI is InChI=1S/C20H25N5O4/c1-24(8-7-15-5-3-2-4-6-15)20-22-16(19(28)21-14-18(26)27)13-17(23-20)25-9-11-29-12-10-25/h2-6,13H,7-12,14H2,1H3,(H,21,28)(H,26,27). The summed E-state index contributed by atoms with van der Waals surface area (Å²) < 4.78 is 5.39. The third-order valence-electron chi connectivity index (χ3n) is 4.59. The molecular formula is C20H25N5O4. The van der Waals surface area contributed by atoms with Gasteiger partial charge in [0.1, 0.15) is 18.1 Å². The summed E-state index contributed by atoms with van der Waals surface area (Å²) in [7, 11) is 1.88. The number of carboxylic acids is 1. The summed E-state index contributed by atoms with van der Waals surface area (Å²) in [4.78, 5) is 36.1. The molecule has 2 aromatic rings. The van der Waals surface area contributed by atoms with Crippen LogP contribution in [0.3, 0.4) is 0 Å². The molecule has 0 bridgehead atoms. The van der Waals surface area contributed by atoms with E-state index in [1.165, 1.54) is 5.56 Å². The van der Waals surface area contributed by atoms with E-state index in [-0.39, 0.29) is 5.69 Å². The van der Waals surface area contributed by atoms with Crippen LogP contribution in [0.2, 0.25) is 0 Å². The number of ether oxygens (including phenoxy) is 1. The molecule has 9 heteroatoms. The number of carboxylic acid groups (broad SMARTS) is 1. The largest absolute Gasteiger partial charge is 0.480 e. The lowest BCUT2D eigenvalue weighted by molar-refractivity contribution is -0.135. The second-order valence-corrected chi connectivity index (χ2v) is 6.74. The molecule has 3 rings (SSSR count). The Labute approximate surface area is 169 Å². The first-order chi connectivity index (χ1) is 14.0. The fourth-order valence-corrected chi connectivity index (χ4v) is 2.95. The summed E-state index contributed by atoms with van der Waals surface area (Å²) in [5.74, 6) is -0.598. The Hall–Kier alpha value is -3.20. The topological polar surface area (TPSA) is 108 Å². The summed E-state index contributed by atoms with van der Waals surface area (Å²) in [6.45, 7) is 2.72. The van der Waals surface area contributed by atoms with Gasteiger partial charge in [0.05, 0.1) is 13.2 Å². The number of aliphatic carboxylic acids is 1. The van der Waals surface area contributed by atoms with E-state index in [0.29, 0.717) is 44.6 Å². The van der Waals surface area contributed by atoms with E-state index in [0.717, 1.165) is 6.42 Å². The van der Waals surface area contributed by atoms with Gasteiger partial charge in [-0.15, -0.1) is 0 Å². The van der Waals surface area contributed by atoms with Gasteiger partial charge in [-0.2, -0.15) is 4.98 Å². The van der Waals surface area contributed by atoms with Crippen molar-refractivity contribution in [1.82, 2.24) is 15.3 Å². The predicted molar refractivity (Wildman–Crippen MR) is 108 cm³/mol. The molecule has 0 atom stereocenters. The third kappa shape index (κ3) is 5.89. The molecule has 0 radical (unpaired) electrons. The zero-order chi connectivity index (χ0) is 20.6. The number of morpholine rings is 1. The molecule has 1 saturated heterocycles. The van der Waals surface area contributed by atoms with Crippen LogP contribution in [-0.2, 0) is 16.0 Å². The second kappa shape index (κ2) is 9.83. The summed E-state index contributed by atoms with van der Waals surface area (Å²) in [6.07, 6.45) is 0.809. The van der Waals surface area contributed by atoms with Crippen LogP contribution >= 0.6 is 0 Å². The number of hydrogen-bond acceptors (Lipinski definition) is 7. The number of amides is 1. The SMILES string of the molecule is CN(CCc1ccccc1)c1nc(C(=O)NCC(=O)O)cc(N2CCOCC2)n1. The number of aromatic nitrogens is 2. The van der Waals surface area contributed by atoms with Crippen molar-refractivity contribution >= 4 is 23.6 Å². The number of hydrogen-bond donors (Lipinski definition) is 2. The number of carbonyl (C=O) groups excluding carboxylic acids is 1. The molecule has 154 valence electrons. The van der Waals surface area contributed by atoms with E-state index >= 15 is 0 Å². The summed E-state index contributed by atoms with van der Waals surface area (Å²) in [6, 6.07) is 11.7. The Morgan fingerprint density at radius 2 is 1.93 bits per heavy atom. The lowest BCUT2D eigenvalue weighted by Crippen LogP contribution is -2.38. The molecule has 1 fully saturated rings. The van der Waals surface area contributed by atoms with E-state index in [1.54, 1.807) is 6.07 Å². The normalized spacial score (nSPS) is 13.8. The van der Waals surface area contributed by atoms with Crippen molar-refractivity contribution < 1.29 is 19.4 Å². The van der Waals surface area contributed by atoms with Gasteiger partial charge >= 0.3 is 5.97 Å². The Morgan fingerprint density at radius 1 is 1.21 bits per heavy atom. The fourth-order valence-electron chi connectivity index (χ4n) is 2.95. The minimum Gasteiger partial charge on any atom is -0.480 e. The zero-order valence-corrected chi connectivity index (χ0v) is 16.4. The van der Waals surface area contributed by atoms with Gasteiger partial charge in [-0.05, 0) is 12.0 Å². The first-order valence-corrected chi connectivity index (χ1v) is 9.50. The van der Waals surface area contributed by atoms with E-state index in [1.807, 2.05) is 35.0 Å². The van der Waals surface area contributed by atoms with Crippen LogP contribution in [0.4, 0.5) is 11.8 Å². The van der Waals surface area contributed by atoms with Crippen molar-refractivity contribution in [2.45, 2.75) is 6.42 Å². The number of likely N-dealkylation sites (N-methyl/N-ethyl adjacent to an activating group) is 1. The highest BCUT2D eigenvalue weighted by atomic mass is 16.5. The van der Waals surface area contributed by atoms with E-state index in [4.69, 9.17) is 9.84 Å². The fraction of sp³-hybridized carbons (Fsp3) is 0.400. The molecule has 2 heterocycles. The maximum Gasteiger partial charge on any atom is 0.322 e. The van der Waals surface area contributed by atoms with Crippen LogP contribution < -0.4 is 15.1 Å². The summed E-state index contributed by atoms with van der Waals surface area (Å²) >= 11 is 0. The van der Waals surface area contributed by atoms with E-state index < -0.39 is 18.4 Å². The summed E-state index contributed by atoms with van der Waals surface area (Å²) in [5.41, 5.74) is 1.34. The average Bonchev–Trinajstić information content (AvgIpc) is 2.76. The maximum atomic E-state index is 12.4. The number of carbonyl (C=O) groups is 2. The van der Waals surface area contributed by atoms with Gasteiger partial charge in [0.15, 0.2) is 0 Å². The zero-order valence-electron chi connectivity index (χ0n) is 16.4. The van der Waals surface area contributed by atoms with Crippen molar-refractivity contribution in [3.05, 3.63) is 47.7 Å². The van der Waals surface area contributed by atoms with Gasteiger partial charge in [-0.3, -0.25) is 9.59 Å². The molecule has 0 aliphatic carbocycles. The number of nitrogens with zero attached hydrogens (tertiary/aromatic N) is 4. The van der Waals surface area contributed by atoms with E-state index in [2.05, 4.69) is 27.4 Å². The molecule has 1 amide bonds. The Kier molecular flexibility index (Phi) is 6.96. The molecule has 1 aliphatic rings. The minimum atomic E-state index is -1.11. The molecular weight excluding hydrogens is 374 g/mol. The number of nitrogens with one attached hydrogen (secondary N) is 1. The Balaban J connectivity index is 1.80. The molecule has 9 nitrogen and oxygen atoms in total. The van der Waals surface area contributed by atoms with Crippen molar-refractivity contribution in [3.8, 4) is 0 Å². The Bertz CT molecular complexity index is 840. The Morgan fingerprint density at radius 3 is 2.62 bits per heavy atom. The monoisotopic (exact) mass is 399 g/mol. The van der Waals surface area contributed by atoms with Crippen molar-refractivity contribution in [2.75, 3.05) is 56.2 Å². The molecule has 2 N–H and O–H groups in total. The molecule has 0 spiro atoms. The van der Waals surface area contributed by atoms with Crippen LogP contribution in [0.1, 0.15) is 16.1 Å². The van der Waals surface area contributed by atoms with Crippen molar-refractivity contribution in [3.63, 3.8) is 0 Å². The molecule has 1 aromatic carbocycles. The van der Waals surface area contributed by atoms with Crippen molar-refractivity contribution in [1.29, 1.82) is 0 Å². The van der Waals surface area contributed by atoms with Crippen LogP contribution in [0, 0.1) is 0 Å². The number of benzene rings is 1. The highest BCUT2D eigenvalue weighted by Gasteiger charge is 2.19. The lowest BCUT2D eigenvalue weighted by atomic mass is 10.1. The van der Waals surface area contributed by atoms with Gasteiger partial charge in [0, 0.05) is 32.7 Å². The first-order valence-electron chi connectivity index (χ1n) is 9.50. The predicted octanol–water partition coefficient (Wildman–Crippen LogP) is 0.806. The summed E-state index contributed by atoms with van der Waals surface area (Å²) in [5, 5.41) is 11.2. The molecule has 1 aromatic heterocycles. The van der Waals surface area contributed by atoms with Crippen LogP contribution in [0.25, 0.3) is 0 Å². The maximum absolute atomic E-state index is 12.4. The van der Waals surface area contributed by atoms with Crippen LogP contribution in [0.5, 0.6) is 0 Å². The molecule has 29 heavy (non-hydrogen) atoms. The number of anilines is 2. The van der Waals surface area contributed by atoms with E-state index in [9.17, 15) is 9.59 Å². The minimum absolute atomic E-state index is 0.143. The van der Waals surface area contributed by atoms with Gasteiger partial charge in [0.25, 0.3) is 5.91 Å². The number of rotatable bonds is 8. The third-order valence-corrected chi connectivity index (χ3v) is 4.59. The first kappa shape index (κ1) is 20.5. The van der Waals surface area contributed by atoms with Crippen LogP contribution in [0.15, 0.2) is 36.4 Å². The highest BCUT2D eigenvalue weighted by Crippen LogP contribution is 2.19. The average molecular weight is 399 g/mol. The van der Waals surface area contributed by atoms with Gasteiger partial charge in [0.2, 0.25) is 5.95 Å². The highest BCUT2D eigenvalue weighted by molar-refractivity contribution is 5.95. The lowest BCUT2D eigenvalue weighted by Gasteiger charge is -2.29. The van der Waals surface area contributed by atoms with Crippen LogP contribution in [-0.4, -0.2) is 73.4 Å². The molecule has 0 saturated carbocycles. The smallest absolute Gasteiger partial charge is 0.322 e.